The summed E-state index contributed by atoms with van der Waals surface area (Å²) in [5.74, 6) is -9.12. The number of aliphatic imine (C=N–C) groups is 2. The van der Waals surface area contributed by atoms with Gasteiger partial charge in [-0.05, 0) is 75.2 Å². The Bertz CT molecular complexity index is 2310. The molecule has 28 heteroatoms. The van der Waals surface area contributed by atoms with Crippen molar-refractivity contribution in [2.45, 2.75) is 245 Å². The van der Waals surface area contributed by atoms with E-state index < -0.39 is 114 Å². The number of imidazole rings is 1. The number of carbonyl (C=O) groups is 9. The number of aliphatic hydroxyl groups excluding tert-OH is 1. The van der Waals surface area contributed by atoms with Gasteiger partial charge in [0.15, 0.2) is 11.9 Å². The van der Waals surface area contributed by atoms with Gasteiger partial charge in [-0.1, -0.05) is 146 Å². The Hall–Kier alpha value is -7.10. The van der Waals surface area contributed by atoms with Crippen LogP contribution in [-0.2, 0) is 49.6 Å². The first-order valence-electron chi connectivity index (χ1n) is 32.3. The van der Waals surface area contributed by atoms with Crippen LogP contribution in [0.4, 0.5) is 0 Å². The van der Waals surface area contributed by atoms with Gasteiger partial charge in [-0.3, -0.25) is 48.3 Å². The Morgan fingerprint density at radius 1 is 0.517 bits per heavy atom. The third-order valence-electron chi connectivity index (χ3n) is 15.0. The van der Waals surface area contributed by atoms with Crippen LogP contribution >= 0.6 is 0 Å². The molecule has 0 saturated carbocycles. The number of hydrogen-bond donors (Lipinski definition) is 16. The van der Waals surface area contributed by atoms with Gasteiger partial charge in [0.05, 0.1) is 19.5 Å². The van der Waals surface area contributed by atoms with E-state index in [0.29, 0.717) is 18.7 Å². The molecule has 1 heterocycles. The zero-order valence-corrected chi connectivity index (χ0v) is 54.7. The van der Waals surface area contributed by atoms with Gasteiger partial charge in [0, 0.05) is 31.4 Å². The lowest BCUT2D eigenvalue weighted by molar-refractivity contribution is -0.144. The van der Waals surface area contributed by atoms with Crippen molar-refractivity contribution in [1.29, 1.82) is 0 Å². The van der Waals surface area contributed by atoms with Gasteiger partial charge in [-0.15, -0.1) is 0 Å². The maximum Gasteiger partial charge on any atom is 0.326 e. The monoisotopic (exact) mass is 1260 g/mol. The summed E-state index contributed by atoms with van der Waals surface area (Å²) in [6.07, 6.45) is 19.3. The zero-order chi connectivity index (χ0) is 66.8. The third kappa shape index (κ3) is 35.6. The highest BCUT2D eigenvalue weighted by atomic mass is 16.4. The molecule has 0 radical (unpaired) electrons. The molecule has 1 aromatic rings. The molecule has 0 aromatic carbocycles. The van der Waals surface area contributed by atoms with E-state index in [1.165, 1.54) is 76.7 Å². The first kappa shape index (κ1) is 79.9. The number of nitrogens with zero attached hydrogens (tertiary/aromatic N) is 3. The van der Waals surface area contributed by atoms with Crippen molar-refractivity contribution in [3.05, 3.63) is 18.2 Å². The predicted octanol–water partition coefficient (Wildman–Crippen LogP) is 1.49. The Morgan fingerprint density at radius 3 is 1.36 bits per heavy atom. The fourth-order valence-corrected chi connectivity index (χ4v) is 9.76. The summed E-state index contributed by atoms with van der Waals surface area (Å²) in [5, 5.41) is 44.6. The Labute approximate surface area is 527 Å². The highest BCUT2D eigenvalue weighted by molar-refractivity contribution is 5.98. The second-order valence-corrected chi connectivity index (χ2v) is 24.4. The van der Waals surface area contributed by atoms with Crippen molar-refractivity contribution in [2.75, 3.05) is 32.8 Å². The molecule has 28 nitrogen and oxygen atoms in total. The lowest BCUT2D eigenvalue weighted by Gasteiger charge is -2.29. The molecule has 0 spiro atoms. The maximum absolute atomic E-state index is 14.6. The van der Waals surface area contributed by atoms with Gasteiger partial charge < -0.3 is 86.0 Å². The number of nitrogens with one attached hydrogen (secondary N) is 10. The molecule has 0 bridgehead atoms. The molecule has 0 unspecified atom stereocenters. The van der Waals surface area contributed by atoms with Crippen molar-refractivity contribution in [3.8, 4) is 0 Å². The van der Waals surface area contributed by atoms with Gasteiger partial charge in [0.1, 0.15) is 48.3 Å². The molecule has 20 N–H and O–H groups in total. The normalized spacial score (nSPS) is 14.3. The number of aromatic amines is 1. The van der Waals surface area contributed by atoms with Crippen molar-refractivity contribution >= 4 is 65.1 Å². The van der Waals surface area contributed by atoms with Crippen molar-refractivity contribution in [3.63, 3.8) is 0 Å². The summed E-state index contributed by atoms with van der Waals surface area (Å²) in [6, 6.07) is -10.7. The Morgan fingerprint density at radius 2 is 0.933 bits per heavy atom. The van der Waals surface area contributed by atoms with Gasteiger partial charge in [0.25, 0.3) is 0 Å². The number of unbranched alkanes of at least 4 members (excludes halogenated alkanes) is 12. The number of rotatable bonds is 50. The SMILES string of the molecule is CCCCCCCCCCCCCCCNCC(=O)N[C@@H](CC(C)C)C(=O)N[C@@H](CC(C)C)C(=O)N[C@@H](CCCN=C(N)N)C(=O)N[C@H](CCCN=C(N)N)C(=O)N[C@@H](Cc1cnc[nH]1)C(=O)N[C@@H](CO)C(=O)N[C@H](C(=O)N[C@H](C(=O)O)C(C)C)[C@@H](C)CC. The predicted molar refractivity (Wildman–Crippen MR) is 344 cm³/mol. The summed E-state index contributed by atoms with van der Waals surface area (Å²) in [7, 11) is 0. The number of nitrogens with two attached hydrogens (primary N) is 4. The quantitative estimate of drug-likeness (QED) is 0.0250. The Kier molecular flexibility index (Phi) is 41.3. The van der Waals surface area contributed by atoms with Gasteiger partial charge in [-0.2, -0.15) is 0 Å². The standard InChI is InChI=1S/C61H113N17O11/c1-10-12-13-14-15-16-17-18-19-20-21-22-23-28-66-35-49(80)71-45(31-38(3)4)54(83)74-46(32-39(5)6)55(84)73-43(26-24-29-68-60(62)63)52(81)72-44(27-25-30-69-61(64)65)53(82)75-47(33-42-34-67-37-70-42)56(85)76-48(36-79)57(86)78-51(41(9)11-2)58(87)77-50(40(7)8)59(88)89/h34,37-41,43-48,50-51,66,79H,10-33,35-36H2,1-9H3,(H,67,70)(H,71,80)(H,72,81)(H,73,84)(H,74,83)(H,75,82)(H,76,85)(H,77,87)(H,78,86)(H,88,89)(H4,62,63,68)(H4,64,65,69)/t41-,43-,44+,45-,46-,47-,48-,50-,51-/m0/s1. The molecule has 0 aliphatic carbocycles. The van der Waals surface area contributed by atoms with Gasteiger partial charge in [-0.25, -0.2) is 9.78 Å². The number of carbonyl (C=O) groups excluding carboxylic acids is 8. The largest absolute Gasteiger partial charge is 0.480 e. The van der Waals surface area contributed by atoms with E-state index in [9.17, 15) is 53.4 Å². The maximum atomic E-state index is 14.6. The van der Waals surface area contributed by atoms with E-state index >= 15 is 0 Å². The van der Waals surface area contributed by atoms with Crippen LogP contribution < -0.4 is 70.8 Å². The number of hydrogen-bond acceptors (Lipinski definition) is 14. The zero-order valence-electron chi connectivity index (χ0n) is 54.7. The minimum Gasteiger partial charge on any atom is -0.480 e. The molecule has 0 aliphatic rings. The van der Waals surface area contributed by atoms with E-state index in [0.717, 1.165) is 19.3 Å². The minimum atomic E-state index is -1.68. The number of amides is 8. The summed E-state index contributed by atoms with van der Waals surface area (Å²) in [5.41, 5.74) is 22.7. The fraction of sp³-hybridized carbons (Fsp3) is 0.770. The number of aliphatic hydroxyl groups is 1. The van der Waals surface area contributed by atoms with Crippen LogP contribution in [0.25, 0.3) is 0 Å². The van der Waals surface area contributed by atoms with Crippen LogP contribution in [0.5, 0.6) is 0 Å². The summed E-state index contributed by atoms with van der Waals surface area (Å²) in [6.45, 7) is 16.1. The van der Waals surface area contributed by atoms with E-state index in [-0.39, 0.29) is 94.2 Å². The van der Waals surface area contributed by atoms with Crippen molar-refractivity contribution in [1.82, 2.24) is 57.8 Å². The second kappa shape index (κ2) is 46.1. The lowest BCUT2D eigenvalue weighted by atomic mass is 9.96. The van der Waals surface area contributed by atoms with E-state index in [1.54, 1.807) is 27.7 Å². The minimum absolute atomic E-state index is 0.00134. The molecule has 0 fully saturated rings. The van der Waals surface area contributed by atoms with Gasteiger partial charge in [0.2, 0.25) is 47.3 Å². The molecule has 9 atom stereocenters. The molecule has 0 aliphatic heterocycles. The molecule has 508 valence electrons. The second-order valence-electron chi connectivity index (χ2n) is 24.4. The fourth-order valence-electron chi connectivity index (χ4n) is 9.76. The van der Waals surface area contributed by atoms with E-state index in [4.69, 9.17) is 22.9 Å². The van der Waals surface area contributed by atoms with Crippen molar-refractivity contribution in [2.24, 2.45) is 56.6 Å². The molecular formula is C61H113N17O11. The molecule has 1 aromatic heterocycles. The number of guanidine groups is 2. The number of aromatic nitrogens is 2. The molecule has 1 rings (SSSR count). The summed E-state index contributed by atoms with van der Waals surface area (Å²) in [4.78, 5) is 139. The molecule has 89 heavy (non-hydrogen) atoms. The van der Waals surface area contributed by atoms with Gasteiger partial charge >= 0.3 is 5.97 Å². The van der Waals surface area contributed by atoms with Crippen molar-refractivity contribution < 1.29 is 53.4 Å². The Balaban J connectivity index is 3.41. The lowest BCUT2D eigenvalue weighted by Crippen LogP contribution is -2.61. The molecular weight excluding hydrogens is 1150 g/mol. The average Bonchev–Trinajstić information content (AvgIpc) is 2.54. The number of aliphatic carboxylic acids is 1. The number of H-pyrrole nitrogens is 1. The summed E-state index contributed by atoms with van der Waals surface area (Å²) >= 11 is 0. The topological polar surface area (TPSA) is 460 Å². The smallest absolute Gasteiger partial charge is 0.326 e. The highest BCUT2D eigenvalue weighted by Crippen LogP contribution is 2.15. The summed E-state index contributed by atoms with van der Waals surface area (Å²) < 4.78 is 0. The third-order valence-corrected chi connectivity index (χ3v) is 15.0. The molecule has 0 saturated heterocycles. The highest BCUT2D eigenvalue weighted by Gasteiger charge is 2.36. The average molecular weight is 1260 g/mol. The van der Waals surface area contributed by atoms with Crippen LogP contribution in [0.2, 0.25) is 0 Å². The van der Waals surface area contributed by atoms with E-state index in [2.05, 4.69) is 74.7 Å². The number of carboxylic acids is 1. The first-order chi connectivity index (χ1) is 42.2. The van der Waals surface area contributed by atoms with Crippen LogP contribution in [0, 0.1) is 23.7 Å². The molecule has 8 amide bonds. The number of carboxylic acid groups (broad SMARTS) is 1. The van der Waals surface area contributed by atoms with Crippen LogP contribution in [-0.4, -0.2) is 166 Å². The van der Waals surface area contributed by atoms with Crippen LogP contribution in [0.1, 0.15) is 196 Å². The van der Waals surface area contributed by atoms with Crippen LogP contribution in [0.3, 0.4) is 0 Å². The van der Waals surface area contributed by atoms with E-state index in [1.807, 2.05) is 27.7 Å². The van der Waals surface area contributed by atoms with Crippen LogP contribution in [0.15, 0.2) is 22.5 Å². The first-order valence-corrected chi connectivity index (χ1v) is 32.3.